The molecule has 1 N–H and O–H groups in total. The first kappa shape index (κ1) is 19.3. The van der Waals surface area contributed by atoms with Gasteiger partial charge in [0.05, 0.1) is 19.4 Å². The van der Waals surface area contributed by atoms with Crippen LogP contribution in [0.2, 0.25) is 0 Å². The lowest BCUT2D eigenvalue weighted by atomic mass is 10.1. The summed E-state index contributed by atoms with van der Waals surface area (Å²) < 4.78 is 66.9. The zero-order valence-corrected chi connectivity index (χ0v) is 16.9. The monoisotopic (exact) mass is 438 g/mol. The van der Waals surface area contributed by atoms with Gasteiger partial charge in [0, 0.05) is 24.2 Å². The third kappa shape index (κ3) is 3.30. The van der Waals surface area contributed by atoms with Gasteiger partial charge in [0.15, 0.2) is 11.4 Å². The third-order valence-corrected chi connectivity index (χ3v) is 7.38. The molecule has 2 heterocycles. The van der Waals surface area contributed by atoms with Crippen LogP contribution in [0.1, 0.15) is 18.4 Å². The molecule has 0 spiro atoms. The highest BCUT2D eigenvalue weighted by atomic mass is 32.2. The average molecular weight is 438 g/mol. The Bertz CT molecular complexity index is 1180. The van der Waals surface area contributed by atoms with E-state index in [1.54, 1.807) is 23.0 Å². The van der Waals surface area contributed by atoms with Crippen molar-refractivity contribution in [1.29, 1.82) is 0 Å². The zero-order chi connectivity index (χ0) is 21.1. The molecular weight excluding hydrogens is 418 g/mol. The lowest BCUT2D eigenvalue weighted by molar-refractivity contribution is 0.0656. The van der Waals surface area contributed by atoms with E-state index in [2.05, 4.69) is 15.0 Å². The Hall–Kier alpha value is -2.69. The number of ether oxygens (including phenoxy) is 1. The van der Waals surface area contributed by atoms with Crippen LogP contribution in [0.15, 0.2) is 35.1 Å². The van der Waals surface area contributed by atoms with Gasteiger partial charge in [0.25, 0.3) is 5.92 Å². The molecule has 0 aliphatic heterocycles. The highest BCUT2D eigenvalue weighted by Crippen LogP contribution is 2.65. The lowest BCUT2D eigenvalue weighted by Crippen LogP contribution is -2.24. The number of nitrogens with zero attached hydrogens (tertiary/aromatic N) is 3. The van der Waals surface area contributed by atoms with Crippen molar-refractivity contribution in [2.24, 2.45) is 17.8 Å². The van der Waals surface area contributed by atoms with E-state index in [9.17, 15) is 17.2 Å². The number of alkyl halides is 2. The molecule has 30 heavy (non-hydrogen) atoms. The van der Waals surface area contributed by atoms with Crippen LogP contribution in [0.4, 0.5) is 14.6 Å². The van der Waals surface area contributed by atoms with Crippen LogP contribution in [-0.2, 0) is 16.6 Å². The molecule has 2 aliphatic carbocycles. The van der Waals surface area contributed by atoms with Crippen molar-refractivity contribution in [1.82, 2.24) is 14.9 Å². The number of hydrogen-bond acceptors (Lipinski definition) is 6. The Morgan fingerprint density at radius 2 is 2.10 bits per heavy atom. The molecule has 8 nitrogen and oxygen atoms in total. The molecule has 5 rings (SSSR count). The van der Waals surface area contributed by atoms with Gasteiger partial charge in [-0.2, -0.15) is 5.10 Å². The van der Waals surface area contributed by atoms with E-state index in [4.69, 9.17) is 9.26 Å². The van der Waals surface area contributed by atoms with Crippen molar-refractivity contribution in [3.05, 3.63) is 36.2 Å². The van der Waals surface area contributed by atoms with Crippen LogP contribution in [-0.4, -0.2) is 42.1 Å². The quantitative estimate of drug-likeness (QED) is 0.609. The summed E-state index contributed by atoms with van der Waals surface area (Å²) in [5.74, 6) is -4.01. The Kier molecular flexibility index (Phi) is 4.28. The molecule has 3 aromatic rings. The summed E-state index contributed by atoms with van der Waals surface area (Å²) in [6, 6.07) is 5.33. The Balaban J connectivity index is 1.35. The summed E-state index contributed by atoms with van der Waals surface area (Å²) in [6.45, 7) is 0.482. The van der Waals surface area contributed by atoms with Gasteiger partial charge in [-0.1, -0.05) is 5.16 Å². The summed E-state index contributed by atoms with van der Waals surface area (Å²) in [5.41, 5.74) is 1.22. The molecule has 2 aromatic heterocycles. The Labute approximate surface area is 171 Å². The summed E-state index contributed by atoms with van der Waals surface area (Å²) in [6.07, 6.45) is 3.96. The molecular formula is C19H20F2N4O4S. The van der Waals surface area contributed by atoms with E-state index in [-0.39, 0.29) is 30.3 Å². The molecule has 0 radical (unpaired) electrons. The molecule has 0 saturated heterocycles. The minimum atomic E-state index is -3.78. The van der Waals surface area contributed by atoms with Crippen molar-refractivity contribution in [2.45, 2.75) is 25.3 Å². The van der Waals surface area contributed by atoms with Gasteiger partial charge in [-0.15, -0.1) is 0 Å². The largest absolute Gasteiger partial charge is 0.496 e. The number of hydrogen-bond donors (Lipinski definition) is 1. The fraction of sp³-hybridized carbons (Fsp3) is 0.474. The molecule has 160 valence electrons. The number of sulfonamides is 1. The predicted molar refractivity (Wildman–Crippen MR) is 104 cm³/mol. The van der Waals surface area contributed by atoms with E-state index in [0.717, 1.165) is 5.56 Å². The van der Waals surface area contributed by atoms with Gasteiger partial charge in [0.2, 0.25) is 10.0 Å². The van der Waals surface area contributed by atoms with Gasteiger partial charge in [-0.3, -0.25) is 9.40 Å². The second kappa shape index (κ2) is 6.66. The average Bonchev–Trinajstić information content (AvgIpc) is 3.24. The van der Waals surface area contributed by atoms with E-state index in [0.29, 0.717) is 23.3 Å². The number of anilines is 1. The van der Waals surface area contributed by atoms with Crippen molar-refractivity contribution in [3.63, 3.8) is 0 Å². The van der Waals surface area contributed by atoms with Crippen LogP contribution < -0.4 is 9.46 Å². The van der Waals surface area contributed by atoms with Gasteiger partial charge in [0.1, 0.15) is 11.1 Å². The van der Waals surface area contributed by atoms with Crippen molar-refractivity contribution in [2.75, 3.05) is 17.6 Å². The highest BCUT2D eigenvalue weighted by molar-refractivity contribution is 7.92. The first-order valence-corrected chi connectivity index (χ1v) is 11.2. The van der Waals surface area contributed by atoms with E-state index < -0.39 is 27.8 Å². The lowest BCUT2D eigenvalue weighted by Gasteiger charge is -2.14. The second-order valence-corrected chi connectivity index (χ2v) is 9.78. The van der Waals surface area contributed by atoms with Crippen LogP contribution in [0, 0.1) is 17.8 Å². The van der Waals surface area contributed by atoms with E-state index >= 15 is 0 Å². The van der Waals surface area contributed by atoms with Crippen molar-refractivity contribution < 1.29 is 26.5 Å². The molecule has 2 saturated carbocycles. The second-order valence-electron chi connectivity index (χ2n) is 8.01. The molecule has 0 amide bonds. The fourth-order valence-corrected chi connectivity index (χ4v) is 5.96. The predicted octanol–water partition coefficient (Wildman–Crippen LogP) is 3.11. The number of benzene rings is 1. The molecule has 11 heteroatoms. The van der Waals surface area contributed by atoms with Gasteiger partial charge >= 0.3 is 0 Å². The standard InChI is InChI=1S/C19H20F2N4O4S/c1-28-15-7-11(9-25-4-2-3-22-25)8-16-17(15)18(23-29-16)24-30(26,27)10-12-5-13-14(6-12)19(13,20)21/h2-4,7-8,12-14H,5-6,9-10H2,1H3,(H,23,24)/t12?,13-,14+. The molecule has 1 unspecified atom stereocenters. The number of fused-ring (bicyclic) bond motifs is 2. The van der Waals surface area contributed by atoms with Gasteiger partial charge < -0.3 is 9.26 Å². The van der Waals surface area contributed by atoms with Crippen LogP contribution >= 0.6 is 0 Å². The van der Waals surface area contributed by atoms with Crippen LogP contribution in [0.3, 0.4) is 0 Å². The normalized spacial score (nSPS) is 24.7. The SMILES string of the molecule is COc1cc(Cn2cccn2)cc2onc(NS(=O)(=O)CC3C[C@@H]4[C@H](C3)C4(F)F)c12. The van der Waals surface area contributed by atoms with E-state index in [1.807, 2.05) is 12.3 Å². The van der Waals surface area contributed by atoms with Crippen molar-refractivity contribution >= 4 is 26.8 Å². The van der Waals surface area contributed by atoms with Gasteiger partial charge in [-0.25, -0.2) is 17.2 Å². The zero-order valence-electron chi connectivity index (χ0n) is 16.1. The summed E-state index contributed by atoms with van der Waals surface area (Å²) in [7, 11) is -2.31. The third-order valence-electron chi connectivity index (χ3n) is 5.97. The molecule has 2 aliphatic rings. The molecule has 2 fully saturated rings. The van der Waals surface area contributed by atoms with Crippen LogP contribution in [0.25, 0.3) is 11.0 Å². The van der Waals surface area contributed by atoms with Crippen molar-refractivity contribution in [3.8, 4) is 5.75 Å². The maximum atomic E-state index is 13.4. The molecule has 0 bridgehead atoms. The highest BCUT2D eigenvalue weighted by Gasteiger charge is 2.71. The molecule has 1 aromatic carbocycles. The number of nitrogens with one attached hydrogen (secondary N) is 1. The topological polar surface area (TPSA) is 99.2 Å². The minimum absolute atomic E-state index is 0.0287. The smallest absolute Gasteiger partial charge is 0.254 e. The number of halogens is 2. The fourth-order valence-electron chi connectivity index (χ4n) is 4.55. The maximum Gasteiger partial charge on any atom is 0.254 e. The maximum absolute atomic E-state index is 13.4. The van der Waals surface area contributed by atoms with Crippen LogP contribution in [0.5, 0.6) is 5.75 Å². The Morgan fingerprint density at radius 1 is 1.33 bits per heavy atom. The summed E-state index contributed by atoms with van der Waals surface area (Å²) in [4.78, 5) is 0. The first-order valence-electron chi connectivity index (χ1n) is 9.59. The number of rotatable bonds is 7. The number of methoxy groups -OCH3 is 1. The Morgan fingerprint density at radius 3 is 2.77 bits per heavy atom. The molecule has 3 atom stereocenters. The number of aromatic nitrogens is 3. The summed E-state index contributed by atoms with van der Waals surface area (Å²) in [5, 5.41) is 8.43. The summed E-state index contributed by atoms with van der Waals surface area (Å²) >= 11 is 0. The van der Waals surface area contributed by atoms with E-state index in [1.165, 1.54) is 7.11 Å². The van der Waals surface area contributed by atoms with Gasteiger partial charge in [-0.05, 0) is 42.5 Å². The first-order chi connectivity index (χ1) is 14.3. The minimum Gasteiger partial charge on any atom is -0.496 e.